The van der Waals surface area contributed by atoms with Crippen LogP contribution in [0, 0.1) is 17.5 Å². The van der Waals surface area contributed by atoms with Crippen LogP contribution in [0.2, 0.25) is 0 Å². The Balaban J connectivity index is 2.04. The number of amides is 1. The molecule has 5 nitrogen and oxygen atoms in total. The zero-order valence-electron chi connectivity index (χ0n) is 16.0. The second-order valence-corrected chi connectivity index (χ2v) is 7.06. The fourth-order valence-corrected chi connectivity index (χ4v) is 3.96. The molecule has 1 aliphatic rings. The lowest BCUT2D eigenvalue weighted by Crippen LogP contribution is -2.40. The molecular formula is C23H16F3NO4. The van der Waals surface area contributed by atoms with Crippen molar-refractivity contribution in [3.8, 4) is 0 Å². The zero-order valence-corrected chi connectivity index (χ0v) is 16.0. The molecule has 0 aromatic heterocycles. The second kappa shape index (κ2) is 7.79. The van der Waals surface area contributed by atoms with E-state index in [4.69, 9.17) is 4.74 Å². The highest BCUT2D eigenvalue weighted by molar-refractivity contribution is 5.80. The van der Waals surface area contributed by atoms with E-state index >= 15 is 0 Å². The van der Waals surface area contributed by atoms with Gasteiger partial charge in [-0.1, -0.05) is 42.5 Å². The Morgan fingerprint density at radius 1 is 0.903 bits per heavy atom. The normalized spacial score (nSPS) is 17.5. The summed E-state index contributed by atoms with van der Waals surface area (Å²) >= 11 is 0. The maximum Gasteiger partial charge on any atom is 0.412 e. The van der Waals surface area contributed by atoms with Crippen LogP contribution in [0.25, 0.3) is 0 Å². The fourth-order valence-electron chi connectivity index (χ4n) is 3.96. The number of hydrogen-bond donors (Lipinski definition) is 1. The van der Waals surface area contributed by atoms with E-state index in [1.807, 2.05) is 0 Å². The molecule has 0 bridgehead atoms. The Hall–Kier alpha value is -3.81. The third-order valence-electron chi connectivity index (χ3n) is 5.23. The van der Waals surface area contributed by atoms with Crippen molar-refractivity contribution in [2.24, 2.45) is 0 Å². The standard InChI is InChI=1S/C23H16F3NO4/c24-16-9-5-14(6-10-16)23(15-7-11-17(25)12-8-15)21(18-3-1-2-4-19(18)26)27(13-20(28)29)22(30)31-23/h1-12,21H,13H2,(H,28,29). The van der Waals surface area contributed by atoms with Crippen LogP contribution in [0.4, 0.5) is 18.0 Å². The van der Waals surface area contributed by atoms with E-state index in [2.05, 4.69) is 0 Å². The maximum absolute atomic E-state index is 14.9. The molecule has 158 valence electrons. The Labute approximate surface area is 175 Å². The highest BCUT2D eigenvalue weighted by Crippen LogP contribution is 2.52. The predicted molar refractivity (Wildman–Crippen MR) is 104 cm³/mol. The van der Waals surface area contributed by atoms with E-state index in [1.165, 1.54) is 42.5 Å². The van der Waals surface area contributed by atoms with E-state index in [9.17, 15) is 27.9 Å². The Morgan fingerprint density at radius 3 is 1.90 bits per heavy atom. The quantitative estimate of drug-likeness (QED) is 0.645. The number of benzene rings is 3. The first-order chi connectivity index (χ1) is 14.8. The molecular weight excluding hydrogens is 411 g/mol. The van der Waals surface area contributed by atoms with Gasteiger partial charge in [0.25, 0.3) is 0 Å². The van der Waals surface area contributed by atoms with Gasteiger partial charge >= 0.3 is 12.1 Å². The molecule has 8 heteroatoms. The third-order valence-corrected chi connectivity index (χ3v) is 5.23. The monoisotopic (exact) mass is 427 g/mol. The molecule has 1 atom stereocenters. The van der Waals surface area contributed by atoms with E-state index in [1.54, 1.807) is 6.07 Å². The van der Waals surface area contributed by atoms with Gasteiger partial charge in [-0.3, -0.25) is 9.69 Å². The molecule has 1 amide bonds. The van der Waals surface area contributed by atoms with Gasteiger partial charge in [0.15, 0.2) is 5.60 Å². The Bertz CT molecular complexity index is 1090. The molecule has 1 aliphatic heterocycles. The number of halogens is 3. The highest BCUT2D eigenvalue weighted by Gasteiger charge is 2.58. The smallest absolute Gasteiger partial charge is 0.412 e. The summed E-state index contributed by atoms with van der Waals surface area (Å²) < 4.78 is 48.0. The van der Waals surface area contributed by atoms with Crippen LogP contribution >= 0.6 is 0 Å². The molecule has 1 fully saturated rings. The van der Waals surface area contributed by atoms with Crippen LogP contribution in [-0.4, -0.2) is 28.6 Å². The molecule has 0 aliphatic carbocycles. The zero-order chi connectivity index (χ0) is 22.2. The molecule has 3 aromatic rings. The van der Waals surface area contributed by atoms with Crippen LogP contribution in [-0.2, 0) is 15.1 Å². The lowest BCUT2D eigenvalue weighted by atomic mass is 9.77. The topological polar surface area (TPSA) is 66.8 Å². The van der Waals surface area contributed by atoms with Crippen molar-refractivity contribution in [1.29, 1.82) is 0 Å². The summed E-state index contributed by atoms with van der Waals surface area (Å²) in [6.45, 7) is -0.762. The van der Waals surface area contributed by atoms with Crippen molar-refractivity contribution in [3.05, 3.63) is 107 Å². The SMILES string of the molecule is O=C(O)CN1C(=O)OC(c2ccc(F)cc2)(c2ccc(F)cc2)C1c1ccccc1F. The second-order valence-electron chi connectivity index (χ2n) is 7.06. The molecule has 1 N–H and O–H groups in total. The molecule has 31 heavy (non-hydrogen) atoms. The van der Waals surface area contributed by atoms with Gasteiger partial charge < -0.3 is 9.84 Å². The maximum atomic E-state index is 14.9. The van der Waals surface area contributed by atoms with Crippen molar-refractivity contribution in [2.75, 3.05) is 6.54 Å². The molecule has 3 aromatic carbocycles. The van der Waals surface area contributed by atoms with E-state index in [-0.39, 0.29) is 16.7 Å². The van der Waals surface area contributed by atoms with Gasteiger partial charge in [-0.05, 0) is 30.3 Å². The summed E-state index contributed by atoms with van der Waals surface area (Å²) in [5, 5.41) is 9.37. The van der Waals surface area contributed by atoms with Crippen LogP contribution in [0.1, 0.15) is 22.7 Å². The van der Waals surface area contributed by atoms with E-state index < -0.39 is 47.7 Å². The van der Waals surface area contributed by atoms with Gasteiger partial charge in [0.1, 0.15) is 30.0 Å². The summed E-state index contributed by atoms with van der Waals surface area (Å²) in [4.78, 5) is 25.3. The lowest BCUT2D eigenvalue weighted by molar-refractivity contribution is -0.138. The fraction of sp³-hybridized carbons (Fsp3) is 0.130. The van der Waals surface area contributed by atoms with E-state index in [0.29, 0.717) is 0 Å². The number of carbonyl (C=O) groups excluding carboxylic acids is 1. The first-order valence-electron chi connectivity index (χ1n) is 9.31. The summed E-state index contributed by atoms with van der Waals surface area (Å²) in [6.07, 6.45) is -0.996. The van der Waals surface area contributed by atoms with Crippen molar-refractivity contribution >= 4 is 12.1 Å². The first kappa shape index (κ1) is 20.5. The number of nitrogens with zero attached hydrogens (tertiary/aromatic N) is 1. The predicted octanol–water partition coefficient (Wildman–Crippen LogP) is 4.63. The average Bonchev–Trinajstić information content (AvgIpc) is 3.02. The lowest BCUT2D eigenvalue weighted by Gasteiger charge is -2.36. The number of aliphatic carboxylic acids is 1. The molecule has 0 spiro atoms. The largest absolute Gasteiger partial charge is 0.480 e. The number of carboxylic acids is 1. The minimum absolute atomic E-state index is 0.00301. The first-order valence-corrected chi connectivity index (χ1v) is 9.31. The van der Waals surface area contributed by atoms with Gasteiger partial charge in [-0.2, -0.15) is 0 Å². The molecule has 1 saturated heterocycles. The van der Waals surface area contributed by atoms with Crippen molar-refractivity contribution in [1.82, 2.24) is 4.90 Å². The third kappa shape index (κ3) is 3.50. The summed E-state index contributed by atoms with van der Waals surface area (Å²) in [6, 6.07) is 14.4. The van der Waals surface area contributed by atoms with Gasteiger partial charge in [0.2, 0.25) is 0 Å². The summed E-state index contributed by atoms with van der Waals surface area (Å²) in [5.74, 6) is -3.11. The number of carbonyl (C=O) groups is 2. The highest BCUT2D eigenvalue weighted by atomic mass is 19.1. The molecule has 4 rings (SSSR count). The van der Waals surface area contributed by atoms with Gasteiger partial charge in [-0.15, -0.1) is 0 Å². The van der Waals surface area contributed by atoms with Gasteiger partial charge in [-0.25, -0.2) is 18.0 Å². The molecule has 1 unspecified atom stereocenters. The molecule has 0 saturated carbocycles. The van der Waals surface area contributed by atoms with Crippen LogP contribution in [0.5, 0.6) is 0 Å². The Kier molecular flexibility index (Phi) is 5.14. The minimum atomic E-state index is -1.75. The van der Waals surface area contributed by atoms with Gasteiger partial charge in [0, 0.05) is 16.7 Å². The van der Waals surface area contributed by atoms with Crippen LogP contribution in [0.15, 0.2) is 72.8 Å². The molecule has 0 radical (unpaired) electrons. The minimum Gasteiger partial charge on any atom is -0.480 e. The number of hydrogen-bond acceptors (Lipinski definition) is 3. The number of ether oxygens (including phenoxy) is 1. The molecule has 1 heterocycles. The van der Waals surface area contributed by atoms with Crippen molar-refractivity contribution in [2.45, 2.75) is 11.6 Å². The van der Waals surface area contributed by atoms with E-state index in [0.717, 1.165) is 29.2 Å². The number of cyclic esters (lactones) is 1. The van der Waals surface area contributed by atoms with Crippen LogP contribution in [0.3, 0.4) is 0 Å². The summed E-state index contributed by atoms with van der Waals surface area (Å²) in [5.41, 5.74) is -1.20. The summed E-state index contributed by atoms with van der Waals surface area (Å²) in [7, 11) is 0. The van der Waals surface area contributed by atoms with Crippen LogP contribution < -0.4 is 0 Å². The number of rotatable bonds is 5. The average molecular weight is 427 g/mol. The van der Waals surface area contributed by atoms with Gasteiger partial charge in [0.05, 0.1) is 0 Å². The Morgan fingerprint density at radius 2 is 1.42 bits per heavy atom. The number of carboxylic acid groups (broad SMARTS) is 1. The van der Waals surface area contributed by atoms with Crippen molar-refractivity contribution in [3.63, 3.8) is 0 Å². The van der Waals surface area contributed by atoms with Crippen molar-refractivity contribution < 1.29 is 32.6 Å².